The van der Waals surface area contributed by atoms with E-state index < -0.39 is 0 Å². The van der Waals surface area contributed by atoms with Crippen molar-refractivity contribution in [1.29, 1.82) is 0 Å². The van der Waals surface area contributed by atoms with Gasteiger partial charge >= 0.3 is 5.97 Å². The lowest BCUT2D eigenvalue weighted by molar-refractivity contribution is -0.150. The number of allylic oxidation sites excluding steroid dienone is 2. The van der Waals surface area contributed by atoms with Gasteiger partial charge in [0.15, 0.2) is 0 Å². The first-order valence-electron chi connectivity index (χ1n) is 5.84. The second-order valence-corrected chi connectivity index (χ2v) is 4.26. The third-order valence-electron chi connectivity index (χ3n) is 2.94. The Balaban J connectivity index is 1.82. The smallest absolute Gasteiger partial charge is 0.309 e. The number of ether oxygens (including phenoxy) is 1. The Labute approximate surface area is 101 Å². The zero-order chi connectivity index (χ0) is 12.1. The molecule has 0 radical (unpaired) electrons. The van der Waals surface area contributed by atoms with E-state index in [2.05, 4.69) is 0 Å². The first kappa shape index (κ1) is 11.7. The van der Waals surface area contributed by atoms with E-state index in [0.29, 0.717) is 31.6 Å². The van der Waals surface area contributed by atoms with Crippen LogP contribution in [0.3, 0.4) is 0 Å². The van der Waals surface area contributed by atoms with E-state index in [0.717, 1.165) is 5.56 Å². The predicted octanol–water partition coefficient (Wildman–Crippen LogP) is 2.97. The summed E-state index contributed by atoms with van der Waals surface area (Å²) in [6.07, 6.45) is 3.54. The molecule has 0 bridgehead atoms. The van der Waals surface area contributed by atoms with Crippen molar-refractivity contribution in [2.24, 2.45) is 5.92 Å². The van der Waals surface area contributed by atoms with E-state index in [1.165, 1.54) is 0 Å². The molecule has 0 aliphatic heterocycles. The molecule has 3 nitrogen and oxygen atoms in total. The normalized spacial score (nSPS) is 19.5. The fourth-order valence-electron chi connectivity index (χ4n) is 1.88. The summed E-state index contributed by atoms with van der Waals surface area (Å²) in [5, 5.41) is 9.23. The SMILES string of the molecule is O=C(OCc1ccccc1)C1CC=C(O)CC1. The fourth-order valence-corrected chi connectivity index (χ4v) is 1.88. The summed E-state index contributed by atoms with van der Waals surface area (Å²) >= 11 is 0. The Kier molecular flexibility index (Phi) is 3.81. The molecule has 90 valence electrons. The molecule has 1 aliphatic carbocycles. The van der Waals surface area contributed by atoms with E-state index in [4.69, 9.17) is 4.74 Å². The van der Waals surface area contributed by atoms with Crippen molar-refractivity contribution in [1.82, 2.24) is 0 Å². The van der Waals surface area contributed by atoms with Crippen molar-refractivity contribution < 1.29 is 14.6 Å². The van der Waals surface area contributed by atoms with Crippen molar-refractivity contribution in [3.8, 4) is 0 Å². The first-order chi connectivity index (χ1) is 8.25. The van der Waals surface area contributed by atoms with Gasteiger partial charge < -0.3 is 9.84 Å². The summed E-state index contributed by atoms with van der Waals surface area (Å²) in [7, 11) is 0. The lowest BCUT2D eigenvalue weighted by Crippen LogP contribution is -2.19. The summed E-state index contributed by atoms with van der Waals surface area (Å²) in [4.78, 5) is 11.7. The Hall–Kier alpha value is -1.77. The van der Waals surface area contributed by atoms with Crippen LogP contribution in [0.25, 0.3) is 0 Å². The van der Waals surface area contributed by atoms with Gasteiger partial charge in [-0.2, -0.15) is 0 Å². The predicted molar refractivity (Wildman–Crippen MR) is 64.3 cm³/mol. The zero-order valence-electron chi connectivity index (χ0n) is 9.63. The number of hydrogen-bond acceptors (Lipinski definition) is 3. The van der Waals surface area contributed by atoms with Crippen molar-refractivity contribution >= 4 is 5.97 Å². The molecule has 3 heteroatoms. The maximum absolute atomic E-state index is 11.7. The van der Waals surface area contributed by atoms with Crippen molar-refractivity contribution in [2.75, 3.05) is 0 Å². The van der Waals surface area contributed by atoms with Gasteiger partial charge in [0.05, 0.1) is 11.7 Å². The van der Waals surface area contributed by atoms with Crippen LogP contribution in [0.2, 0.25) is 0 Å². The van der Waals surface area contributed by atoms with Crippen molar-refractivity contribution in [3.05, 3.63) is 47.7 Å². The van der Waals surface area contributed by atoms with Gasteiger partial charge in [0.25, 0.3) is 0 Å². The number of esters is 1. The molecule has 0 heterocycles. The molecule has 0 saturated heterocycles. The van der Waals surface area contributed by atoms with Gasteiger partial charge in [0, 0.05) is 6.42 Å². The maximum atomic E-state index is 11.7. The van der Waals surface area contributed by atoms with Crippen LogP contribution >= 0.6 is 0 Å². The molecule has 2 rings (SSSR count). The molecule has 1 atom stereocenters. The largest absolute Gasteiger partial charge is 0.513 e. The fraction of sp³-hybridized carbons (Fsp3) is 0.357. The second-order valence-electron chi connectivity index (χ2n) is 4.26. The zero-order valence-corrected chi connectivity index (χ0v) is 9.63. The standard InChI is InChI=1S/C14H16O3/c15-13-8-6-12(7-9-13)14(16)17-10-11-4-2-1-3-5-11/h1-5,8,12,15H,6-7,9-10H2. The molecule has 0 saturated carbocycles. The van der Waals surface area contributed by atoms with Gasteiger partial charge in [-0.3, -0.25) is 4.79 Å². The van der Waals surface area contributed by atoms with Crippen LogP contribution in [0, 0.1) is 5.92 Å². The van der Waals surface area contributed by atoms with Crippen LogP contribution in [-0.2, 0) is 16.1 Å². The minimum atomic E-state index is -0.169. The van der Waals surface area contributed by atoms with E-state index in [1.54, 1.807) is 6.08 Å². The van der Waals surface area contributed by atoms with Gasteiger partial charge in [-0.1, -0.05) is 30.3 Å². The number of aliphatic hydroxyl groups is 1. The highest BCUT2D eigenvalue weighted by Gasteiger charge is 2.22. The highest BCUT2D eigenvalue weighted by molar-refractivity contribution is 5.72. The number of rotatable bonds is 3. The molecule has 0 spiro atoms. The van der Waals surface area contributed by atoms with Crippen LogP contribution in [-0.4, -0.2) is 11.1 Å². The van der Waals surface area contributed by atoms with Crippen LogP contribution in [0.4, 0.5) is 0 Å². The Morgan fingerprint density at radius 1 is 1.35 bits per heavy atom. The molecule has 1 aliphatic rings. The highest BCUT2D eigenvalue weighted by Crippen LogP contribution is 2.23. The molecule has 0 aromatic heterocycles. The van der Waals surface area contributed by atoms with Gasteiger partial charge in [0.1, 0.15) is 6.61 Å². The van der Waals surface area contributed by atoms with E-state index in [-0.39, 0.29) is 11.9 Å². The second kappa shape index (κ2) is 5.53. The van der Waals surface area contributed by atoms with E-state index in [1.807, 2.05) is 30.3 Å². The molecular weight excluding hydrogens is 216 g/mol. The summed E-state index contributed by atoms with van der Waals surface area (Å²) in [5.41, 5.74) is 0.995. The number of aliphatic hydroxyl groups excluding tert-OH is 1. The molecule has 1 unspecified atom stereocenters. The van der Waals surface area contributed by atoms with Crippen molar-refractivity contribution in [3.63, 3.8) is 0 Å². The summed E-state index contributed by atoms with van der Waals surface area (Å²) < 4.78 is 5.25. The molecule has 17 heavy (non-hydrogen) atoms. The van der Waals surface area contributed by atoms with Crippen LogP contribution < -0.4 is 0 Å². The maximum Gasteiger partial charge on any atom is 0.309 e. The topological polar surface area (TPSA) is 46.5 Å². The highest BCUT2D eigenvalue weighted by atomic mass is 16.5. The van der Waals surface area contributed by atoms with Crippen LogP contribution in [0.1, 0.15) is 24.8 Å². The van der Waals surface area contributed by atoms with Gasteiger partial charge in [0.2, 0.25) is 0 Å². The number of carbonyl (C=O) groups excluding carboxylic acids is 1. The van der Waals surface area contributed by atoms with E-state index >= 15 is 0 Å². The molecular formula is C14H16O3. The first-order valence-corrected chi connectivity index (χ1v) is 5.84. The lowest BCUT2D eigenvalue weighted by Gasteiger charge is -2.18. The summed E-state index contributed by atoms with van der Waals surface area (Å²) in [5.74, 6) is 0.115. The Morgan fingerprint density at radius 3 is 2.76 bits per heavy atom. The monoisotopic (exact) mass is 232 g/mol. The summed E-state index contributed by atoms with van der Waals surface area (Å²) in [6.45, 7) is 0.325. The number of hydrogen-bond donors (Lipinski definition) is 1. The quantitative estimate of drug-likeness (QED) is 0.815. The minimum Gasteiger partial charge on any atom is -0.513 e. The Morgan fingerprint density at radius 2 is 2.12 bits per heavy atom. The van der Waals surface area contributed by atoms with Crippen LogP contribution in [0.15, 0.2) is 42.2 Å². The third-order valence-corrected chi connectivity index (χ3v) is 2.94. The Bertz CT molecular complexity index is 409. The molecule has 0 amide bonds. The molecule has 1 N–H and O–H groups in total. The lowest BCUT2D eigenvalue weighted by atomic mass is 9.93. The number of carbonyl (C=O) groups is 1. The van der Waals surface area contributed by atoms with Gasteiger partial charge in [-0.05, 0) is 24.5 Å². The van der Waals surface area contributed by atoms with E-state index in [9.17, 15) is 9.90 Å². The van der Waals surface area contributed by atoms with Crippen molar-refractivity contribution in [2.45, 2.75) is 25.9 Å². The average Bonchev–Trinajstić information content (AvgIpc) is 2.38. The number of benzene rings is 1. The summed E-state index contributed by atoms with van der Waals surface area (Å²) in [6, 6.07) is 9.63. The van der Waals surface area contributed by atoms with Gasteiger partial charge in [-0.15, -0.1) is 0 Å². The average molecular weight is 232 g/mol. The third kappa shape index (κ3) is 3.34. The molecule has 0 fully saturated rings. The van der Waals surface area contributed by atoms with Crippen LogP contribution in [0.5, 0.6) is 0 Å². The minimum absolute atomic E-state index is 0.102. The molecule has 1 aromatic carbocycles. The molecule has 1 aromatic rings. The van der Waals surface area contributed by atoms with Gasteiger partial charge in [-0.25, -0.2) is 0 Å².